The van der Waals surface area contributed by atoms with Crippen LogP contribution >= 0.6 is 0 Å². The number of benzene rings is 2. The molecule has 0 aromatic heterocycles. The molecule has 218 valence electrons. The van der Waals surface area contributed by atoms with Gasteiger partial charge in [-0.2, -0.15) is 0 Å². The molecule has 2 N–H and O–H groups in total. The van der Waals surface area contributed by atoms with E-state index in [0.29, 0.717) is 31.1 Å². The van der Waals surface area contributed by atoms with E-state index in [2.05, 4.69) is 5.32 Å². The Morgan fingerprint density at radius 2 is 1.75 bits per heavy atom. The lowest BCUT2D eigenvalue weighted by Crippen LogP contribution is -2.38. The maximum Gasteiger partial charge on any atom is 0.333 e. The van der Waals surface area contributed by atoms with E-state index in [1.54, 1.807) is 24.0 Å². The summed E-state index contributed by atoms with van der Waals surface area (Å²) in [6, 6.07) is 12.7. The zero-order chi connectivity index (χ0) is 28.7. The highest BCUT2D eigenvalue weighted by molar-refractivity contribution is 5.89. The first-order chi connectivity index (χ1) is 19.4. The summed E-state index contributed by atoms with van der Waals surface area (Å²) in [5, 5.41) is 23.1. The number of non-ortho nitro benzene ring substituents is 1. The lowest BCUT2D eigenvalue weighted by molar-refractivity contribution is -0.384. The molecule has 10 nitrogen and oxygen atoms in total. The summed E-state index contributed by atoms with van der Waals surface area (Å²) in [5.41, 5.74) is 1.29. The van der Waals surface area contributed by atoms with Crippen LogP contribution in [0.5, 0.6) is 5.75 Å². The smallest absolute Gasteiger partial charge is 0.333 e. The Morgan fingerprint density at radius 1 is 1.05 bits per heavy atom. The third-order valence-electron chi connectivity index (χ3n) is 7.25. The number of unbranched alkanes of at least 4 members (excludes halogenated alkanes) is 1. The lowest BCUT2D eigenvalue weighted by Gasteiger charge is -2.25. The standard InChI is InChI=1S/C30H41N3O7/c1-2-39-28(29(34)35)22-24-11-17-27(18-12-24)40-21-20-32(19-7-6-10-23-8-4-3-5-9-23)30(36)31-25-13-15-26(16-14-25)33(37)38/h11-18,23,28H,2-10,19-22H2,1H3,(H,31,36)(H,34,35). The van der Waals surface area contributed by atoms with E-state index in [4.69, 9.17) is 9.47 Å². The van der Waals surface area contributed by atoms with Gasteiger partial charge in [0.1, 0.15) is 12.4 Å². The molecule has 0 aliphatic heterocycles. The number of hydrogen-bond acceptors (Lipinski definition) is 6. The van der Waals surface area contributed by atoms with E-state index in [1.165, 1.54) is 62.8 Å². The fourth-order valence-corrected chi connectivity index (χ4v) is 5.02. The Bertz CT molecular complexity index is 1070. The van der Waals surface area contributed by atoms with Crippen molar-refractivity contribution in [3.63, 3.8) is 0 Å². The Labute approximate surface area is 235 Å². The summed E-state index contributed by atoms with van der Waals surface area (Å²) < 4.78 is 11.2. The number of carboxylic acid groups (broad SMARTS) is 1. The molecular formula is C30H41N3O7. The van der Waals surface area contributed by atoms with Gasteiger partial charge in [-0.1, -0.05) is 57.1 Å². The van der Waals surface area contributed by atoms with Gasteiger partial charge in [-0.05, 0) is 49.1 Å². The van der Waals surface area contributed by atoms with Crippen LogP contribution in [0.3, 0.4) is 0 Å². The topological polar surface area (TPSA) is 131 Å². The number of nitrogens with one attached hydrogen (secondary N) is 1. The van der Waals surface area contributed by atoms with Crippen LogP contribution in [-0.4, -0.2) is 59.3 Å². The number of nitro groups is 1. The molecule has 1 saturated carbocycles. The molecular weight excluding hydrogens is 514 g/mol. The molecule has 1 aliphatic rings. The SMILES string of the molecule is CCOC(Cc1ccc(OCCN(CCCCC2CCCCC2)C(=O)Nc2ccc([N+](=O)[O-])cc2)cc1)C(=O)O. The molecule has 0 bridgehead atoms. The summed E-state index contributed by atoms with van der Waals surface area (Å²) in [5.74, 6) is 0.426. The van der Waals surface area contributed by atoms with Gasteiger partial charge in [0, 0.05) is 37.4 Å². The van der Waals surface area contributed by atoms with Crippen molar-refractivity contribution in [2.24, 2.45) is 5.92 Å². The molecule has 2 aromatic carbocycles. The van der Waals surface area contributed by atoms with Gasteiger partial charge in [0.15, 0.2) is 6.10 Å². The van der Waals surface area contributed by atoms with Crippen molar-refractivity contribution < 1.29 is 29.1 Å². The summed E-state index contributed by atoms with van der Waals surface area (Å²) in [6.07, 6.45) is 9.10. The molecule has 1 unspecified atom stereocenters. The van der Waals surface area contributed by atoms with Gasteiger partial charge in [-0.25, -0.2) is 9.59 Å². The van der Waals surface area contributed by atoms with Crippen LogP contribution in [0.2, 0.25) is 0 Å². The van der Waals surface area contributed by atoms with Gasteiger partial charge in [0.2, 0.25) is 0 Å². The summed E-state index contributed by atoms with van der Waals surface area (Å²) in [7, 11) is 0. The van der Waals surface area contributed by atoms with Crippen molar-refractivity contribution in [3.05, 3.63) is 64.2 Å². The van der Waals surface area contributed by atoms with Gasteiger partial charge in [0.05, 0.1) is 11.5 Å². The summed E-state index contributed by atoms with van der Waals surface area (Å²) in [6.45, 7) is 3.33. The maximum absolute atomic E-state index is 13.1. The van der Waals surface area contributed by atoms with Gasteiger partial charge in [-0.3, -0.25) is 10.1 Å². The fraction of sp³-hybridized carbons (Fsp3) is 0.533. The number of carbonyl (C=O) groups excluding carboxylic acids is 1. The van der Waals surface area contributed by atoms with Crippen LogP contribution in [0.4, 0.5) is 16.2 Å². The monoisotopic (exact) mass is 555 g/mol. The number of urea groups is 1. The fourth-order valence-electron chi connectivity index (χ4n) is 5.02. The van der Waals surface area contributed by atoms with Gasteiger partial charge in [0.25, 0.3) is 5.69 Å². The molecule has 1 fully saturated rings. The number of nitrogens with zero attached hydrogens (tertiary/aromatic N) is 2. The number of rotatable bonds is 16. The summed E-state index contributed by atoms with van der Waals surface area (Å²) >= 11 is 0. The molecule has 0 heterocycles. The van der Waals surface area contributed by atoms with Crippen molar-refractivity contribution in [2.45, 2.75) is 70.8 Å². The van der Waals surface area contributed by atoms with E-state index >= 15 is 0 Å². The van der Waals surface area contributed by atoms with E-state index in [-0.39, 0.29) is 24.7 Å². The minimum Gasteiger partial charge on any atom is -0.492 e. The van der Waals surface area contributed by atoms with Crippen LogP contribution in [0.15, 0.2) is 48.5 Å². The minimum atomic E-state index is -0.993. The minimum absolute atomic E-state index is 0.0339. The molecule has 2 amide bonds. The number of carbonyl (C=O) groups is 2. The number of aliphatic carboxylic acids is 1. The first-order valence-electron chi connectivity index (χ1n) is 14.2. The molecule has 0 radical (unpaired) electrons. The van der Waals surface area contributed by atoms with Crippen LogP contribution < -0.4 is 10.1 Å². The molecule has 3 rings (SSSR count). The van der Waals surface area contributed by atoms with Crippen molar-refractivity contribution in [2.75, 3.05) is 31.6 Å². The van der Waals surface area contributed by atoms with Gasteiger partial charge in [-0.15, -0.1) is 0 Å². The van der Waals surface area contributed by atoms with Crippen molar-refractivity contribution in [1.82, 2.24) is 4.90 Å². The molecule has 0 spiro atoms. The lowest BCUT2D eigenvalue weighted by atomic mass is 9.86. The predicted molar refractivity (Wildman–Crippen MR) is 153 cm³/mol. The first kappa shape index (κ1) is 30.9. The molecule has 0 saturated heterocycles. The van der Waals surface area contributed by atoms with Crippen LogP contribution in [0.25, 0.3) is 0 Å². The van der Waals surface area contributed by atoms with Gasteiger partial charge < -0.3 is 24.8 Å². The Hall–Kier alpha value is -3.66. The third-order valence-corrected chi connectivity index (χ3v) is 7.25. The predicted octanol–water partition coefficient (Wildman–Crippen LogP) is 6.29. The number of ether oxygens (including phenoxy) is 2. The number of anilines is 1. The number of amides is 2. The highest BCUT2D eigenvalue weighted by atomic mass is 16.6. The van der Waals surface area contributed by atoms with Gasteiger partial charge >= 0.3 is 12.0 Å². The van der Waals surface area contributed by atoms with Crippen LogP contribution in [0.1, 0.15) is 63.9 Å². The third kappa shape index (κ3) is 10.5. The largest absolute Gasteiger partial charge is 0.492 e. The highest BCUT2D eigenvalue weighted by Crippen LogP contribution is 2.27. The number of nitro benzene ring substituents is 1. The Morgan fingerprint density at radius 3 is 2.38 bits per heavy atom. The Kier molecular flexibility index (Phi) is 12.7. The molecule has 10 heteroatoms. The molecule has 40 heavy (non-hydrogen) atoms. The van der Waals surface area contributed by atoms with E-state index < -0.39 is 17.0 Å². The van der Waals surface area contributed by atoms with E-state index in [9.17, 15) is 24.8 Å². The number of carboxylic acids is 1. The molecule has 1 aliphatic carbocycles. The first-order valence-corrected chi connectivity index (χ1v) is 14.2. The second kappa shape index (κ2) is 16.4. The molecule has 2 aromatic rings. The zero-order valence-electron chi connectivity index (χ0n) is 23.3. The van der Waals surface area contributed by atoms with Crippen molar-refractivity contribution in [1.29, 1.82) is 0 Å². The van der Waals surface area contributed by atoms with E-state index in [1.807, 2.05) is 12.1 Å². The summed E-state index contributed by atoms with van der Waals surface area (Å²) in [4.78, 5) is 36.6. The van der Waals surface area contributed by atoms with E-state index in [0.717, 1.165) is 24.3 Å². The van der Waals surface area contributed by atoms with Crippen molar-refractivity contribution in [3.8, 4) is 5.75 Å². The normalized spacial score (nSPS) is 14.3. The zero-order valence-corrected chi connectivity index (χ0v) is 23.3. The van der Waals surface area contributed by atoms with Crippen LogP contribution in [-0.2, 0) is 16.0 Å². The average Bonchev–Trinajstić information content (AvgIpc) is 2.95. The highest BCUT2D eigenvalue weighted by Gasteiger charge is 2.19. The average molecular weight is 556 g/mol. The molecule has 1 atom stereocenters. The second-order valence-corrected chi connectivity index (χ2v) is 10.2. The maximum atomic E-state index is 13.1. The van der Waals surface area contributed by atoms with Crippen LogP contribution in [0, 0.1) is 16.0 Å². The second-order valence-electron chi connectivity index (χ2n) is 10.2. The quantitative estimate of drug-likeness (QED) is 0.141. The number of hydrogen-bond donors (Lipinski definition) is 2. The van der Waals surface area contributed by atoms with Crippen molar-refractivity contribution >= 4 is 23.4 Å². The Balaban J connectivity index is 1.53.